The molecule has 72 valence electrons. The van der Waals surface area contributed by atoms with E-state index in [1.807, 2.05) is 35.7 Å². The van der Waals surface area contributed by atoms with Crippen molar-refractivity contribution in [2.24, 2.45) is 0 Å². The van der Waals surface area contributed by atoms with E-state index < -0.39 is 0 Å². The lowest BCUT2D eigenvalue weighted by Gasteiger charge is -1.86. The Labute approximate surface area is 92.4 Å². The van der Waals surface area contributed by atoms with Crippen LogP contribution in [0.5, 0.6) is 0 Å². The summed E-state index contributed by atoms with van der Waals surface area (Å²) in [5, 5.41) is 1.87. The molecule has 0 saturated heterocycles. The van der Waals surface area contributed by atoms with Crippen LogP contribution < -0.4 is 0 Å². The molecule has 0 aliphatic carbocycles. The average Bonchev–Trinajstić information content (AvgIpc) is 2.75. The van der Waals surface area contributed by atoms with Gasteiger partial charge in [-0.1, -0.05) is 24.1 Å². The zero-order chi connectivity index (χ0) is 10.5. The average molecular weight is 212 g/mol. The first-order valence-electron chi connectivity index (χ1n) is 4.50. The van der Waals surface area contributed by atoms with Crippen LogP contribution in [0.1, 0.15) is 20.8 Å². The molecule has 1 nitrogen and oxygen atoms in total. The number of aldehydes is 1. The van der Waals surface area contributed by atoms with Gasteiger partial charge in [0, 0.05) is 11.1 Å². The summed E-state index contributed by atoms with van der Waals surface area (Å²) in [5.74, 6) is 6.02. The van der Waals surface area contributed by atoms with Gasteiger partial charge in [0.2, 0.25) is 0 Å². The van der Waals surface area contributed by atoms with Crippen molar-refractivity contribution >= 4 is 17.6 Å². The first-order valence-corrected chi connectivity index (χ1v) is 5.38. The van der Waals surface area contributed by atoms with Gasteiger partial charge in [0.15, 0.2) is 6.29 Å². The molecule has 0 spiro atoms. The van der Waals surface area contributed by atoms with E-state index in [0.717, 1.165) is 16.7 Å². The smallest absolute Gasteiger partial charge is 0.152 e. The summed E-state index contributed by atoms with van der Waals surface area (Å²) in [6.45, 7) is 0. The highest BCUT2D eigenvalue weighted by atomic mass is 32.1. The van der Waals surface area contributed by atoms with Gasteiger partial charge < -0.3 is 0 Å². The van der Waals surface area contributed by atoms with Crippen LogP contribution >= 0.6 is 11.3 Å². The quantitative estimate of drug-likeness (QED) is 0.524. The lowest BCUT2D eigenvalue weighted by Crippen LogP contribution is -1.78. The Morgan fingerprint density at radius 3 is 2.60 bits per heavy atom. The predicted octanol–water partition coefficient (Wildman–Crippen LogP) is 2.96. The number of thiophene rings is 1. The molecule has 0 N–H and O–H groups in total. The van der Waals surface area contributed by atoms with Crippen molar-refractivity contribution in [2.75, 3.05) is 0 Å². The molecule has 1 aromatic heterocycles. The summed E-state index contributed by atoms with van der Waals surface area (Å²) in [5.41, 5.74) is 1.63. The molecule has 2 rings (SSSR count). The fourth-order valence-electron chi connectivity index (χ4n) is 1.16. The van der Waals surface area contributed by atoms with Crippen LogP contribution in [0.15, 0.2) is 41.8 Å². The van der Waals surface area contributed by atoms with Crippen LogP contribution in [0.2, 0.25) is 0 Å². The van der Waals surface area contributed by atoms with Crippen molar-refractivity contribution in [2.45, 2.75) is 0 Å². The first kappa shape index (κ1) is 9.70. The maximum absolute atomic E-state index is 10.6. The molecular weight excluding hydrogens is 204 g/mol. The molecule has 0 fully saturated rings. The standard InChI is InChI=1S/C13H8OS/c14-10-12-8-9-15-13(12)7-6-11-4-2-1-3-5-11/h1-5,8-10H. The van der Waals surface area contributed by atoms with Crippen molar-refractivity contribution in [1.29, 1.82) is 0 Å². The zero-order valence-corrected chi connectivity index (χ0v) is 8.75. The third kappa shape index (κ3) is 2.34. The SMILES string of the molecule is O=Cc1ccsc1C#Cc1ccccc1. The normalized spacial score (nSPS) is 9.07. The number of hydrogen-bond acceptors (Lipinski definition) is 2. The lowest BCUT2D eigenvalue weighted by molar-refractivity contribution is 0.112. The number of rotatable bonds is 1. The van der Waals surface area contributed by atoms with Crippen LogP contribution in [0.3, 0.4) is 0 Å². The number of hydrogen-bond donors (Lipinski definition) is 0. The molecule has 0 saturated carbocycles. The maximum atomic E-state index is 10.6. The van der Waals surface area contributed by atoms with Gasteiger partial charge in [0.25, 0.3) is 0 Å². The topological polar surface area (TPSA) is 17.1 Å². The fraction of sp³-hybridized carbons (Fsp3) is 0. The van der Waals surface area contributed by atoms with Gasteiger partial charge in [-0.25, -0.2) is 0 Å². The minimum atomic E-state index is 0.670. The first-order chi connectivity index (χ1) is 7.40. The summed E-state index contributed by atoms with van der Waals surface area (Å²) in [6, 6.07) is 11.5. The maximum Gasteiger partial charge on any atom is 0.152 e. The molecular formula is C13H8OS. The Hall–Kier alpha value is -1.85. The second kappa shape index (κ2) is 4.59. The Balaban J connectivity index is 2.30. The van der Waals surface area contributed by atoms with Crippen LogP contribution in [0, 0.1) is 11.8 Å². The number of benzene rings is 1. The van der Waals surface area contributed by atoms with E-state index in [9.17, 15) is 4.79 Å². The second-order valence-corrected chi connectivity index (χ2v) is 3.86. The lowest BCUT2D eigenvalue weighted by atomic mass is 10.2. The molecule has 0 atom stereocenters. The Bertz CT molecular complexity index is 514. The third-order valence-electron chi connectivity index (χ3n) is 1.92. The molecule has 2 aromatic rings. The largest absolute Gasteiger partial charge is 0.298 e. The summed E-state index contributed by atoms with van der Waals surface area (Å²) in [6.07, 6.45) is 0.839. The van der Waals surface area contributed by atoms with Gasteiger partial charge in [-0.05, 0) is 29.5 Å². The van der Waals surface area contributed by atoms with Crippen molar-refractivity contribution < 1.29 is 4.79 Å². The number of carbonyl (C=O) groups excluding carboxylic acids is 1. The van der Waals surface area contributed by atoms with E-state index in [-0.39, 0.29) is 0 Å². The summed E-state index contributed by atoms with van der Waals surface area (Å²) in [7, 11) is 0. The van der Waals surface area contributed by atoms with Crippen LogP contribution in [-0.4, -0.2) is 6.29 Å². The Morgan fingerprint density at radius 1 is 1.07 bits per heavy atom. The van der Waals surface area contributed by atoms with Crippen LogP contribution in [0.25, 0.3) is 0 Å². The zero-order valence-electron chi connectivity index (χ0n) is 7.94. The van der Waals surface area contributed by atoms with E-state index in [1.165, 1.54) is 11.3 Å². The minimum Gasteiger partial charge on any atom is -0.298 e. The molecule has 0 aliphatic rings. The van der Waals surface area contributed by atoms with Crippen LogP contribution in [-0.2, 0) is 0 Å². The predicted molar refractivity (Wildman–Crippen MR) is 62.1 cm³/mol. The third-order valence-corrected chi connectivity index (χ3v) is 2.76. The minimum absolute atomic E-state index is 0.670. The molecule has 2 heteroatoms. The van der Waals surface area contributed by atoms with E-state index >= 15 is 0 Å². The molecule has 0 radical (unpaired) electrons. The molecule has 1 aromatic carbocycles. The van der Waals surface area contributed by atoms with Gasteiger partial charge in [-0.3, -0.25) is 4.79 Å². The number of carbonyl (C=O) groups is 1. The van der Waals surface area contributed by atoms with Crippen molar-refractivity contribution in [3.8, 4) is 11.8 Å². The van der Waals surface area contributed by atoms with Gasteiger partial charge in [-0.2, -0.15) is 0 Å². The molecule has 0 bridgehead atoms. The van der Waals surface area contributed by atoms with Gasteiger partial charge in [0.05, 0.1) is 4.88 Å². The molecule has 0 amide bonds. The molecule has 0 aliphatic heterocycles. The van der Waals surface area contributed by atoms with Crippen molar-refractivity contribution in [3.63, 3.8) is 0 Å². The van der Waals surface area contributed by atoms with E-state index in [2.05, 4.69) is 11.8 Å². The van der Waals surface area contributed by atoms with Gasteiger partial charge in [-0.15, -0.1) is 11.3 Å². The van der Waals surface area contributed by atoms with E-state index in [4.69, 9.17) is 0 Å². The highest BCUT2D eigenvalue weighted by Crippen LogP contribution is 2.13. The molecule has 1 heterocycles. The van der Waals surface area contributed by atoms with Crippen molar-refractivity contribution in [1.82, 2.24) is 0 Å². The summed E-state index contributed by atoms with van der Waals surface area (Å²) < 4.78 is 0. The summed E-state index contributed by atoms with van der Waals surface area (Å²) >= 11 is 1.49. The van der Waals surface area contributed by atoms with E-state index in [0.29, 0.717) is 5.56 Å². The van der Waals surface area contributed by atoms with Gasteiger partial charge >= 0.3 is 0 Å². The second-order valence-electron chi connectivity index (χ2n) is 2.94. The molecule has 0 unspecified atom stereocenters. The van der Waals surface area contributed by atoms with Gasteiger partial charge in [0.1, 0.15) is 0 Å². The van der Waals surface area contributed by atoms with E-state index in [1.54, 1.807) is 6.07 Å². The van der Waals surface area contributed by atoms with Crippen LogP contribution in [0.4, 0.5) is 0 Å². The summed E-state index contributed by atoms with van der Waals surface area (Å²) in [4.78, 5) is 11.5. The Morgan fingerprint density at radius 2 is 1.87 bits per heavy atom. The monoisotopic (exact) mass is 212 g/mol. The van der Waals surface area contributed by atoms with Crippen molar-refractivity contribution in [3.05, 3.63) is 57.8 Å². The highest BCUT2D eigenvalue weighted by Gasteiger charge is 1.98. The highest BCUT2D eigenvalue weighted by molar-refractivity contribution is 7.10. The fourth-order valence-corrected chi connectivity index (χ4v) is 1.88. The molecule has 15 heavy (non-hydrogen) atoms. The Kier molecular flexibility index (Phi) is 2.96.